The lowest BCUT2D eigenvalue weighted by Gasteiger charge is -2.19. The lowest BCUT2D eigenvalue weighted by molar-refractivity contribution is -0.126. The maximum absolute atomic E-state index is 12.0. The molecule has 0 heterocycles. The van der Waals surface area contributed by atoms with Crippen molar-refractivity contribution < 1.29 is 14.4 Å². The largest absolute Gasteiger partial charge is 0.324 e. The number of amides is 2. The van der Waals surface area contributed by atoms with Gasteiger partial charge in [-0.15, -0.1) is 0 Å². The molecular weight excluding hydrogens is 244 g/mol. The monoisotopic (exact) mass is 260 g/mol. The molecule has 0 radical (unpaired) electrons. The highest BCUT2D eigenvalue weighted by Crippen LogP contribution is 2.15. The number of carbonyl (C=O) groups excluding carboxylic acids is 3. The van der Waals surface area contributed by atoms with E-state index in [0.29, 0.717) is 5.69 Å². The van der Waals surface area contributed by atoms with E-state index in [9.17, 15) is 14.4 Å². The Kier molecular flexibility index (Phi) is 5.63. The van der Waals surface area contributed by atoms with Crippen molar-refractivity contribution in [2.45, 2.75) is 12.8 Å². The van der Waals surface area contributed by atoms with Crippen LogP contribution in [0.2, 0.25) is 0 Å². The molecule has 0 aliphatic carbocycles. The number of benzene rings is 1. The minimum atomic E-state index is -0.517. The Labute approximate surface area is 111 Å². The molecule has 2 amide bonds. The van der Waals surface area contributed by atoms with E-state index in [1.165, 1.54) is 0 Å². The lowest BCUT2D eigenvalue weighted by Crippen LogP contribution is -2.36. The summed E-state index contributed by atoms with van der Waals surface area (Å²) >= 11 is 0. The number of para-hydroxylation sites is 1. The Balaban J connectivity index is 2.86. The van der Waals surface area contributed by atoms with E-state index < -0.39 is 11.8 Å². The molecule has 100 valence electrons. The molecule has 1 aromatic carbocycles. The van der Waals surface area contributed by atoms with Crippen LogP contribution in [0, 0.1) is 0 Å². The molecule has 1 rings (SSSR count). The van der Waals surface area contributed by atoms with Crippen molar-refractivity contribution in [1.82, 2.24) is 0 Å². The van der Waals surface area contributed by atoms with E-state index in [-0.39, 0.29) is 25.2 Å². The molecular formula is C14H16N2O3. The van der Waals surface area contributed by atoms with Crippen molar-refractivity contribution in [2.75, 3.05) is 11.4 Å². The summed E-state index contributed by atoms with van der Waals surface area (Å²) in [6.45, 7) is 3.27. The second-order valence-electron chi connectivity index (χ2n) is 3.85. The van der Waals surface area contributed by atoms with Gasteiger partial charge in [-0.25, -0.2) is 4.90 Å². The number of imide groups is 1. The summed E-state index contributed by atoms with van der Waals surface area (Å²) in [6.07, 6.45) is 1.04. The van der Waals surface area contributed by atoms with Crippen LogP contribution in [0.25, 0.3) is 0 Å². The van der Waals surface area contributed by atoms with Crippen LogP contribution in [0.3, 0.4) is 0 Å². The average Bonchev–Trinajstić information content (AvgIpc) is 2.45. The number of anilines is 1. The molecule has 0 atom stereocenters. The Morgan fingerprint density at radius 2 is 1.79 bits per heavy atom. The van der Waals surface area contributed by atoms with Crippen molar-refractivity contribution >= 4 is 23.3 Å². The van der Waals surface area contributed by atoms with Crippen LogP contribution >= 0.6 is 0 Å². The molecule has 0 unspecified atom stereocenters. The van der Waals surface area contributed by atoms with Gasteiger partial charge in [0.15, 0.2) is 0 Å². The number of rotatable bonds is 6. The number of nitrogens with two attached hydrogens (primary N) is 1. The van der Waals surface area contributed by atoms with Gasteiger partial charge in [0.05, 0.1) is 12.2 Å². The zero-order chi connectivity index (χ0) is 14.3. The predicted octanol–water partition coefficient (Wildman–Crippen LogP) is 1.04. The summed E-state index contributed by atoms with van der Waals surface area (Å²) in [5.74, 6) is -1.18. The van der Waals surface area contributed by atoms with Gasteiger partial charge >= 0.3 is 0 Å². The highest BCUT2D eigenvalue weighted by Gasteiger charge is 2.21. The summed E-state index contributed by atoms with van der Waals surface area (Å²) in [5, 5.41) is 0. The zero-order valence-corrected chi connectivity index (χ0v) is 10.5. The standard InChI is InChI=1S/C14H16N2O3/c1-2-13(18)16(11-6-4-3-5-7-11)14(19)9-8-12(17)10-15/h2-7H,1,8-10,15H2. The molecule has 0 spiro atoms. The van der Waals surface area contributed by atoms with Gasteiger partial charge in [-0.1, -0.05) is 24.8 Å². The molecule has 0 fully saturated rings. The fraction of sp³-hybridized carbons (Fsp3) is 0.214. The third-order valence-corrected chi connectivity index (χ3v) is 2.50. The minimum absolute atomic E-state index is 0.0308. The normalized spacial score (nSPS) is 9.74. The average molecular weight is 260 g/mol. The number of nitrogens with zero attached hydrogens (tertiary/aromatic N) is 1. The number of ketones is 1. The van der Waals surface area contributed by atoms with E-state index in [2.05, 4.69) is 6.58 Å². The Bertz CT molecular complexity index is 483. The molecule has 5 nitrogen and oxygen atoms in total. The van der Waals surface area contributed by atoms with Crippen molar-refractivity contribution in [3.63, 3.8) is 0 Å². The van der Waals surface area contributed by atoms with Gasteiger partial charge in [0, 0.05) is 12.8 Å². The molecule has 0 aliphatic rings. The zero-order valence-electron chi connectivity index (χ0n) is 10.5. The van der Waals surface area contributed by atoms with Crippen LogP contribution in [0.15, 0.2) is 43.0 Å². The summed E-state index contributed by atoms with van der Waals surface area (Å²) in [5.41, 5.74) is 5.63. The van der Waals surface area contributed by atoms with Gasteiger partial charge in [-0.05, 0) is 18.2 Å². The predicted molar refractivity (Wildman–Crippen MR) is 72.4 cm³/mol. The number of hydrogen-bond acceptors (Lipinski definition) is 4. The fourth-order valence-corrected chi connectivity index (χ4v) is 1.52. The van der Waals surface area contributed by atoms with Gasteiger partial charge in [0.25, 0.3) is 5.91 Å². The molecule has 2 N–H and O–H groups in total. The van der Waals surface area contributed by atoms with Crippen molar-refractivity contribution in [2.24, 2.45) is 5.73 Å². The van der Waals surface area contributed by atoms with Crippen LogP contribution in [-0.2, 0) is 14.4 Å². The van der Waals surface area contributed by atoms with Gasteiger partial charge in [0.2, 0.25) is 5.91 Å². The third kappa shape index (κ3) is 4.15. The summed E-state index contributed by atoms with van der Waals surface area (Å²) in [6, 6.07) is 8.50. The third-order valence-electron chi connectivity index (χ3n) is 2.50. The first kappa shape index (κ1) is 14.8. The maximum atomic E-state index is 12.0. The SMILES string of the molecule is C=CC(=O)N(C(=O)CCC(=O)CN)c1ccccc1. The van der Waals surface area contributed by atoms with Crippen LogP contribution in [0.5, 0.6) is 0 Å². The van der Waals surface area contributed by atoms with Gasteiger partial charge in [-0.2, -0.15) is 0 Å². The van der Waals surface area contributed by atoms with E-state index in [4.69, 9.17) is 5.73 Å². The molecule has 0 aromatic heterocycles. The number of Topliss-reactive ketones (excluding diaryl/α,β-unsaturated/α-hetero) is 1. The van der Waals surface area contributed by atoms with Crippen molar-refractivity contribution in [3.8, 4) is 0 Å². The molecule has 0 bridgehead atoms. The summed E-state index contributed by atoms with van der Waals surface area (Å²) in [4.78, 5) is 35.9. The Morgan fingerprint density at radius 1 is 1.16 bits per heavy atom. The van der Waals surface area contributed by atoms with Crippen molar-refractivity contribution in [1.29, 1.82) is 0 Å². The Hall–Kier alpha value is -2.27. The lowest BCUT2D eigenvalue weighted by atomic mass is 10.2. The first-order valence-corrected chi connectivity index (χ1v) is 5.86. The molecule has 0 saturated carbocycles. The van der Waals surface area contributed by atoms with Crippen LogP contribution < -0.4 is 10.6 Å². The smallest absolute Gasteiger partial charge is 0.257 e. The van der Waals surface area contributed by atoms with Crippen LogP contribution in [0.1, 0.15) is 12.8 Å². The second-order valence-corrected chi connectivity index (χ2v) is 3.85. The topological polar surface area (TPSA) is 80.5 Å². The number of hydrogen-bond donors (Lipinski definition) is 1. The van der Waals surface area contributed by atoms with E-state index in [1.54, 1.807) is 30.3 Å². The molecule has 0 aliphatic heterocycles. The molecule has 1 aromatic rings. The van der Waals surface area contributed by atoms with Gasteiger partial charge in [0.1, 0.15) is 5.78 Å². The van der Waals surface area contributed by atoms with Gasteiger partial charge < -0.3 is 5.73 Å². The van der Waals surface area contributed by atoms with E-state index in [0.717, 1.165) is 11.0 Å². The highest BCUT2D eigenvalue weighted by molar-refractivity contribution is 6.18. The second kappa shape index (κ2) is 7.23. The maximum Gasteiger partial charge on any atom is 0.257 e. The van der Waals surface area contributed by atoms with Crippen LogP contribution in [-0.4, -0.2) is 24.1 Å². The quantitative estimate of drug-likeness (QED) is 0.775. The Morgan fingerprint density at radius 3 is 2.32 bits per heavy atom. The summed E-state index contributed by atoms with van der Waals surface area (Å²) < 4.78 is 0. The first-order valence-electron chi connectivity index (χ1n) is 5.86. The van der Waals surface area contributed by atoms with E-state index >= 15 is 0 Å². The number of carbonyl (C=O) groups is 3. The molecule has 19 heavy (non-hydrogen) atoms. The van der Waals surface area contributed by atoms with Gasteiger partial charge in [-0.3, -0.25) is 14.4 Å². The molecule has 5 heteroatoms. The summed E-state index contributed by atoms with van der Waals surface area (Å²) in [7, 11) is 0. The van der Waals surface area contributed by atoms with E-state index in [1.807, 2.05) is 0 Å². The first-order chi connectivity index (χ1) is 9.10. The molecule has 0 saturated heterocycles. The minimum Gasteiger partial charge on any atom is -0.324 e. The fourth-order valence-electron chi connectivity index (χ4n) is 1.52. The van der Waals surface area contributed by atoms with Crippen LogP contribution in [0.4, 0.5) is 5.69 Å². The van der Waals surface area contributed by atoms with Crippen molar-refractivity contribution in [3.05, 3.63) is 43.0 Å². The highest BCUT2D eigenvalue weighted by atomic mass is 16.2.